The summed E-state index contributed by atoms with van der Waals surface area (Å²) in [6, 6.07) is 7.89. The summed E-state index contributed by atoms with van der Waals surface area (Å²) < 4.78 is 5.18. The number of hydrogen-bond acceptors (Lipinski definition) is 4. The number of rotatable bonds is 2. The average molecular weight is 235 g/mol. The van der Waals surface area contributed by atoms with Crippen molar-refractivity contribution in [2.75, 3.05) is 19.9 Å². The van der Waals surface area contributed by atoms with E-state index >= 15 is 0 Å². The molecular formula is C11H13N3OS. The van der Waals surface area contributed by atoms with Crippen LogP contribution in [0.25, 0.3) is 0 Å². The van der Waals surface area contributed by atoms with Gasteiger partial charge in [0.1, 0.15) is 5.75 Å². The molecule has 0 bridgehead atoms. The fourth-order valence-corrected chi connectivity index (χ4v) is 2.13. The average Bonchev–Trinajstić information content (AvgIpc) is 2.39. The monoisotopic (exact) mass is 235 g/mol. The minimum Gasteiger partial charge on any atom is -0.497 e. The first-order valence-corrected chi connectivity index (χ1v) is 5.88. The van der Waals surface area contributed by atoms with Crippen molar-refractivity contribution in [3.63, 3.8) is 0 Å². The number of benzene rings is 1. The van der Waals surface area contributed by atoms with Crippen LogP contribution in [-0.2, 0) is 0 Å². The van der Waals surface area contributed by atoms with Crippen LogP contribution in [0.3, 0.4) is 0 Å². The van der Waals surface area contributed by atoms with Crippen LogP contribution in [0.15, 0.2) is 34.4 Å². The Balaban J connectivity index is 2.22. The number of amidine groups is 1. The first-order valence-electron chi connectivity index (χ1n) is 4.90. The van der Waals surface area contributed by atoms with Crippen LogP contribution in [0.4, 0.5) is 0 Å². The molecule has 2 rings (SSSR count). The maximum absolute atomic E-state index is 5.18. The molecule has 16 heavy (non-hydrogen) atoms. The molecule has 5 heteroatoms. The molecule has 0 fully saturated rings. The summed E-state index contributed by atoms with van der Waals surface area (Å²) in [5.41, 5.74) is 5.00. The van der Waals surface area contributed by atoms with Crippen LogP contribution in [-0.4, -0.2) is 30.8 Å². The highest BCUT2D eigenvalue weighted by Crippen LogP contribution is 2.17. The van der Waals surface area contributed by atoms with E-state index < -0.39 is 0 Å². The number of ether oxygens (including phenoxy) is 1. The molecule has 0 amide bonds. The van der Waals surface area contributed by atoms with Gasteiger partial charge in [-0.3, -0.25) is 10.4 Å². The van der Waals surface area contributed by atoms with E-state index in [-0.39, 0.29) is 0 Å². The summed E-state index contributed by atoms with van der Waals surface area (Å²) in [6.07, 6.45) is 0. The second kappa shape index (κ2) is 5.03. The van der Waals surface area contributed by atoms with Crippen LogP contribution in [0.1, 0.15) is 5.56 Å². The molecule has 0 saturated heterocycles. The van der Waals surface area contributed by atoms with Crippen molar-refractivity contribution in [3.8, 4) is 5.75 Å². The number of thioether (sulfide) groups is 1. The second-order valence-corrected chi connectivity index (χ2v) is 4.18. The number of methoxy groups -OCH3 is 1. The molecular weight excluding hydrogens is 222 g/mol. The van der Waals surface area contributed by atoms with Crippen LogP contribution in [0.5, 0.6) is 5.75 Å². The predicted octanol–water partition coefficient (Wildman–Crippen LogP) is 1.72. The van der Waals surface area contributed by atoms with Gasteiger partial charge in [0.05, 0.1) is 12.8 Å². The molecule has 1 N–H and O–H groups in total. The van der Waals surface area contributed by atoms with Crippen molar-refractivity contribution in [2.24, 2.45) is 10.1 Å². The molecule has 0 aliphatic carbocycles. The lowest BCUT2D eigenvalue weighted by Crippen LogP contribution is -2.25. The topological polar surface area (TPSA) is 46.0 Å². The van der Waals surface area contributed by atoms with Crippen LogP contribution in [0, 0.1) is 0 Å². The Morgan fingerprint density at radius 2 is 2.38 bits per heavy atom. The van der Waals surface area contributed by atoms with E-state index in [9.17, 15) is 0 Å². The smallest absolute Gasteiger partial charge is 0.177 e. The minimum atomic E-state index is 0.826. The first kappa shape index (κ1) is 11.0. The largest absolute Gasteiger partial charge is 0.497 e. The van der Waals surface area contributed by atoms with Gasteiger partial charge in [-0.25, -0.2) is 0 Å². The number of nitrogens with one attached hydrogen (secondary N) is 1. The minimum absolute atomic E-state index is 0.826. The van der Waals surface area contributed by atoms with Gasteiger partial charge in [-0.15, -0.1) is 0 Å². The second-order valence-electron chi connectivity index (χ2n) is 3.22. The van der Waals surface area contributed by atoms with Gasteiger partial charge in [0.2, 0.25) is 0 Å². The Morgan fingerprint density at radius 1 is 1.50 bits per heavy atom. The fraction of sp³-hybridized carbons (Fsp3) is 0.273. The Morgan fingerprint density at radius 3 is 3.00 bits per heavy atom. The van der Waals surface area contributed by atoms with E-state index in [1.807, 2.05) is 24.3 Å². The van der Waals surface area contributed by atoms with Gasteiger partial charge in [0, 0.05) is 18.4 Å². The van der Waals surface area contributed by atoms with Crippen molar-refractivity contribution >= 4 is 22.6 Å². The summed E-state index contributed by atoms with van der Waals surface area (Å²) in [6.45, 7) is 0. The first-order chi connectivity index (χ1) is 7.83. The van der Waals surface area contributed by atoms with Crippen LogP contribution in [0.2, 0.25) is 0 Å². The summed E-state index contributed by atoms with van der Waals surface area (Å²) in [4.78, 5) is 4.05. The maximum Gasteiger partial charge on any atom is 0.177 e. The van der Waals surface area contributed by atoms with Gasteiger partial charge >= 0.3 is 0 Å². The number of aliphatic imine (C=N–C) groups is 1. The molecule has 0 spiro atoms. The standard InChI is InChI=1S/C11H13N3OS/c1-12-11-14-13-10(7-16-11)8-4-3-5-9(6-8)15-2/h3-6H,7H2,1-2H3,(H,12,14). The third kappa shape index (κ3) is 2.36. The lowest BCUT2D eigenvalue weighted by Gasteiger charge is -2.14. The lowest BCUT2D eigenvalue weighted by molar-refractivity contribution is 0.414. The molecule has 0 unspecified atom stereocenters. The zero-order valence-corrected chi connectivity index (χ0v) is 10.0. The van der Waals surface area contributed by atoms with Crippen molar-refractivity contribution in [1.29, 1.82) is 0 Å². The van der Waals surface area contributed by atoms with Gasteiger partial charge in [-0.2, -0.15) is 5.10 Å². The van der Waals surface area contributed by atoms with E-state index in [0.29, 0.717) is 0 Å². The quantitative estimate of drug-likeness (QED) is 0.849. The molecule has 0 radical (unpaired) electrons. The number of nitrogens with zero attached hydrogens (tertiary/aromatic N) is 2. The van der Waals surface area contributed by atoms with Crippen molar-refractivity contribution in [2.45, 2.75) is 0 Å². The van der Waals surface area contributed by atoms with E-state index in [4.69, 9.17) is 4.74 Å². The summed E-state index contributed by atoms with van der Waals surface area (Å²) in [5.74, 6) is 1.67. The van der Waals surface area contributed by atoms with E-state index in [2.05, 4.69) is 15.5 Å². The highest BCUT2D eigenvalue weighted by molar-refractivity contribution is 8.14. The SMILES string of the molecule is CN=C1NN=C(c2cccc(OC)c2)CS1. The van der Waals surface area contributed by atoms with E-state index in [1.54, 1.807) is 25.9 Å². The molecule has 84 valence electrons. The third-order valence-electron chi connectivity index (χ3n) is 2.24. The number of hydrogen-bond donors (Lipinski definition) is 1. The van der Waals surface area contributed by atoms with Crippen LogP contribution >= 0.6 is 11.8 Å². The zero-order chi connectivity index (χ0) is 11.4. The molecule has 1 heterocycles. The third-order valence-corrected chi connectivity index (χ3v) is 3.20. The fourth-order valence-electron chi connectivity index (χ4n) is 1.38. The van der Waals surface area contributed by atoms with Gasteiger partial charge in [0.25, 0.3) is 0 Å². The Hall–Kier alpha value is -1.49. The molecule has 1 aliphatic heterocycles. The lowest BCUT2D eigenvalue weighted by atomic mass is 10.1. The maximum atomic E-state index is 5.18. The highest BCUT2D eigenvalue weighted by Gasteiger charge is 2.12. The summed E-state index contributed by atoms with van der Waals surface area (Å²) >= 11 is 1.65. The Bertz CT molecular complexity index is 443. The van der Waals surface area contributed by atoms with Crippen LogP contribution < -0.4 is 10.2 Å². The Kier molecular flexibility index (Phi) is 3.46. The highest BCUT2D eigenvalue weighted by atomic mass is 32.2. The molecule has 1 aliphatic rings. The van der Waals surface area contributed by atoms with Crippen molar-refractivity contribution in [3.05, 3.63) is 29.8 Å². The van der Waals surface area contributed by atoms with E-state index in [0.717, 1.165) is 27.9 Å². The van der Waals surface area contributed by atoms with E-state index in [1.165, 1.54) is 0 Å². The predicted molar refractivity (Wildman–Crippen MR) is 68.5 cm³/mol. The molecule has 1 aromatic rings. The van der Waals surface area contributed by atoms with Crippen molar-refractivity contribution in [1.82, 2.24) is 5.43 Å². The summed E-state index contributed by atoms with van der Waals surface area (Å²) in [5, 5.41) is 5.14. The van der Waals surface area contributed by atoms with Gasteiger partial charge in [-0.1, -0.05) is 23.9 Å². The van der Waals surface area contributed by atoms with Gasteiger partial charge in [0.15, 0.2) is 5.17 Å². The molecule has 0 saturated carbocycles. The molecule has 4 nitrogen and oxygen atoms in total. The zero-order valence-electron chi connectivity index (χ0n) is 9.23. The number of hydrazone groups is 1. The Labute approximate surface area is 98.8 Å². The summed E-state index contributed by atoms with van der Waals surface area (Å²) in [7, 11) is 3.41. The molecule has 0 aromatic heterocycles. The van der Waals surface area contributed by atoms with Gasteiger partial charge < -0.3 is 4.74 Å². The van der Waals surface area contributed by atoms with Crippen molar-refractivity contribution < 1.29 is 4.74 Å². The molecule has 1 aromatic carbocycles. The van der Waals surface area contributed by atoms with Gasteiger partial charge in [-0.05, 0) is 12.1 Å². The molecule has 0 atom stereocenters. The normalized spacial score (nSPS) is 17.9.